The summed E-state index contributed by atoms with van der Waals surface area (Å²) >= 11 is 0. The van der Waals surface area contributed by atoms with Crippen molar-refractivity contribution >= 4 is 15.7 Å². The van der Waals surface area contributed by atoms with Gasteiger partial charge < -0.3 is 5.73 Å². The molecule has 1 atom stereocenters. The monoisotopic (exact) mass is 290 g/mol. The van der Waals surface area contributed by atoms with Crippen molar-refractivity contribution in [3.05, 3.63) is 23.8 Å². The predicted octanol–water partition coefficient (Wildman–Crippen LogP) is 1.97. The molecular formula is C12H16F2N2O2S. The molecule has 2 rings (SSSR count). The van der Waals surface area contributed by atoms with E-state index in [4.69, 9.17) is 5.73 Å². The largest absolute Gasteiger partial charge is 0.396 e. The highest BCUT2D eigenvalue weighted by molar-refractivity contribution is 7.89. The average molecular weight is 290 g/mol. The van der Waals surface area contributed by atoms with E-state index in [9.17, 15) is 17.2 Å². The van der Waals surface area contributed by atoms with E-state index in [0.717, 1.165) is 23.2 Å². The number of nitrogens with zero attached hydrogens (tertiary/aromatic N) is 1. The molecule has 0 saturated heterocycles. The molecular weight excluding hydrogens is 274 g/mol. The Labute approximate surface area is 111 Å². The summed E-state index contributed by atoms with van der Waals surface area (Å²) in [7, 11) is -2.60. The van der Waals surface area contributed by atoms with E-state index in [1.807, 2.05) is 0 Å². The van der Waals surface area contributed by atoms with Gasteiger partial charge in [0.15, 0.2) is 0 Å². The predicted molar refractivity (Wildman–Crippen MR) is 67.9 cm³/mol. The molecule has 1 unspecified atom stereocenters. The fraction of sp³-hybridized carbons (Fsp3) is 0.500. The van der Waals surface area contributed by atoms with Gasteiger partial charge >= 0.3 is 0 Å². The molecule has 0 aromatic heterocycles. The molecule has 1 aliphatic rings. The number of halogens is 2. The van der Waals surface area contributed by atoms with E-state index in [0.29, 0.717) is 12.0 Å². The van der Waals surface area contributed by atoms with Crippen LogP contribution in [0.1, 0.15) is 19.8 Å². The zero-order valence-electron chi connectivity index (χ0n) is 10.7. The fourth-order valence-corrected chi connectivity index (χ4v) is 3.49. The van der Waals surface area contributed by atoms with Crippen molar-refractivity contribution < 1.29 is 17.2 Å². The number of benzene rings is 1. The lowest BCUT2D eigenvalue weighted by molar-refractivity contribution is 0.355. The molecule has 0 bridgehead atoms. The van der Waals surface area contributed by atoms with Gasteiger partial charge in [0.25, 0.3) is 0 Å². The van der Waals surface area contributed by atoms with Gasteiger partial charge in [-0.1, -0.05) is 0 Å². The zero-order valence-corrected chi connectivity index (χ0v) is 11.5. The molecule has 2 N–H and O–H groups in total. The van der Waals surface area contributed by atoms with Gasteiger partial charge in [-0.3, -0.25) is 0 Å². The molecule has 0 spiro atoms. The number of nitrogens with two attached hydrogens (primary N) is 1. The third-order valence-electron chi connectivity index (χ3n) is 3.59. The number of hydrogen-bond acceptors (Lipinski definition) is 3. The van der Waals surface area contributed by atoms with Crippen molar-refractivity contribution in [1.82, 2.24) is 4.31 Å². The summed E-state index contributed by atoms with van der Waals surface area (Å²) in [5.74, 6) is -1.78. The maximum atomic E-state index is 13.7. The van der Waals surface area contributed by atoms with Crippen LogP contribution in [0.25, 0.3) is 0 Å². The minimum absolute atomic E-state index is 0.212. The highest BCUT2D eigenvalue weighted by atomic mass is 32.2. The molecule has 1 aliphatic carbocycles. The molecule has 106 valence electrons. The lowest BCUT2D eigenvalue weighted by atomic mass is 10.2. The Morgan fingerprint density at radius 1 is 1.32 bits per heavy atom. The number of rotatable bonds is 4. The van der Waals surface area contributed by atoms with Crippen molar-refractivity contribution in [2.75, 3.05) is 12.8 Å². The molecule has 1 aromatic rings. The molecule has 0 radical (unpaired) electrons. The van der Waals surface area contributed by atoms with Crippen molar-refractivity contribution in [1.29, 1.82) is 0 Å². The molecule has 0 heterocycles. The Morgan fingerprint density at radius 3 is 2.42 bits per heavy atom. The number of hydrogen-bond donors (Lipinski definition) is 1. The van der Waals surface area contributed by atoms with Crippen LogP contribution in [0.4, 0.5) is 14.5 Å². The van der Waals surface area contributed by atoms with Gasteiger partial charge in [0.05, 0.1) is 5.69 Å². The van der Waals surface area contributed by atoms with E-state index in [2.05, 4.69) is 0 Å². The van der Waals surface area contributed by atoms with E-state index in [1.165, 1.54) is 7.05 Å². The van der Waals surface area contributed by atoms with Gasteiger partial charge in [-0.25, -0.2) is 17.2 Å². The molecule has 4 nitrogen and oxygen atoms in total. The molecule has 1 aromatic carbocycles. The third kappa shape index (κ3) is 2.57. The van der Waals surface area contributed by atoms with Crippen LogP contribution in [0.2, 0.25) is 0 Å². The van der Waals surface area contributed by atoms with Crippen molar-refractivity contribution in [2.24, 2.45) is 5.92 Å². The second-order valence-electron chi connectivity index (χ2n) is 4.90. The molecule has 1 fully saturated rings. The van der Waals surface area contributed by atoms with Crippen molar-refractivity contribution in [3.8, 4) is 0 Å². The van der Waals surface area contributed by atoms with Gasteiger partial charge in [0.1, 0.15) is 16.5 Å². The highest BCUT2D eigenvalue weighted by Crippen LogP contribution is 2.36. The van der Waals surface area contributed by atoms with Gasteiger partial charge in [-0.05, 0) is 31.7 Å². The Kier molecular flexibility index (Phi) is 3.53. The molecule has 7 heteroatoms. The smallest absolute Gasteiger partial charge is 0.246 e. The zero-order chi connectivity index (χ0) is 14.4. The van der Waals surface area contributed by atoms with Crippen molar-refractivity contribution in [2.45, 2.75) is 30.7 Å². The maximum Gasteiger partial charge on any atom is 0.246 e. The first-order valence-electron chi connectivity index (χ1n) is 5.97. The number of sulfonamides is 1. The van der Waals surface area contributed by atoms with E-state index in [-0.39, 0.29) is 11.7 Å². The van der Waals surface area contributed by atoms with Crippen LogP contribution in [-0.4, -0.2) is 25.8 Å². The van der Waals surface area contributed by atoms with E-state index in [1.54, 1.807) is 6.92 Å². The SMILES string of the molecule is CC(C1CC1)N(C)S(=O)(=O)c1cc(N)c(F)cc1F. The van der Waals surface area contributed by atoms with E-state index < -0.39 is 26.6 Å². The molecule has 19 heavy (non-hydrogen) atoms. The summed E-state index contributed by atoms with van der Waals surface area (Å²) < 4.78 is 52.5. The Balaban J connectivity index is 2.41. The standard InChI is InChI=1S/C12H16F2N2O2S/c1-7(8-3-4-8)16(2)19(17,18)12-6-11(15)9(13)5-10(12)14/h5-8H,3-4,15H2,1-2H3. The van der Waals surface area contributed by atoms with Gasteiger partial charge in [0, 0.05) is 19.2 Å². The second kappa shape index (κ2) is 4.72. The Morgan fingerprint density at radius 2 is 1.89 bits per heavy atom. The number of nitrogen functional groups attached to an aromatic ring is 1. The normalized spacial score (nSPS) is 17.7. The lowest BCUT2D eigenvalue weighted by Crippen LogP contribution is -2.36. The van der Waals surface area contributed by atoms with Crippen LogP contribution < -0.4 is 5.73 Å². The molecule has 1 saturated carbocycles. The summed E-state index contributed by atoms with van der Waals surface area (Å²) in [6, 6.07) is 1.12. The van der Waals surface area contributed by atoms with Crippen LogP contribution in [0, 0.1) is 17.6 Å². The van der Waals surface area contributed by atoms with Crippen molar-refractivity contribution in [3.63, 3.8) is 0 Å². The fourth-order valence-electron chi connectivity index (χ4n) is 1.99. The summed E-state index contributed by atoms with van der Waals surface area (Å²) in [5, 5.41) is 0. The van der Waals surface area contributed by atoms with E-state index >= 15 is 0 Å². The molecule has 0 amide bonds. The quantitative estimate of drug-likeness (QED) is 0.862. The average Bonchev–Trinajstić information content (AvgIpc) is 3.15. The third-order valence-corrected chi connectivity index (χ3v) is 5.55. The molecule has 0 aliphatic heterocycles. The second-order valence-corrected chi connectivity index (χ2v) is 6.87. The summed E-state index contributed by atoms with van der Waals surface area (Å²) in [6.45, 7) is 1.78. The first kappa shape index (κ1) is 14.2. The van der Waals surface area contributed by atoms with Gasteiger partial charge in [-0.2, -0.15) is 4.31 Å². The number of anilines is 1. The summed E-state index contributed by atoms with van der Waals surface area (Å²) in [6.07, 6.45) is 1.93. The minimum Gasteiger partial charge on any atom is -0.396 e. The maximum absolute atomic E-state index is 13.7. The Hall–Kier alpha value is -1.21. The first-order chi connectivity index (χ1) is 8.75. The topological polar surface area (TPSA) is 63.4 Å². The van der Waals surface area contributed by atoms with Gasteiger partial charge in [-0.15, -0.1) is 0 Å². The Bertz CT molecular complexity index is 600. The summed E-state index contributed by atoms with van der Waals surface area (Å²) in [5.41, 5.74) is 4.93. The van der Waals surface area contributed by atoms with Crippen LogP contribution in [0.15, 0.2) is 17.0 Å². The summed E-state index contributed by atoms with van der Waals surface area (Å²) in [4.78, 5) is -0.582. The van der Waals surface area contributed by atoms with Crippen LogP contribution in [0.5, 0.6) is 0 Å². The van der Waals surface area contributed by atoms with Crippen LogP contribution in [0.3, 0.4) is 0 Å². The van der Waals surface area contributed by atoms with Crippen LogP contribution in [-0.2, 0) is 10.0 Å². The van der Waals surface area contributed by atoms with Crippen LogP contribution >= 0.6 is 0 Å². The first-order valence-corrected chi connectivity index (χ1v) is 7.41. The lowest BCUT2D eigenvalue weighted by Gasteiger charge is -2.24. The minimum atomic E-state index is -4.00. The van der Waals surface area contributed by atoms with Gasteiger partial charge in [0.2, 0.25) is 10.0 Å². The highest BCUT2D eigenvalue weighted by Gasteiger charge is 2.37.